The van der Waals surface area contributed by atoms with Crippen molar-refractivity contribution in [1.82, 2.24) is 10.2 Å². The predicted molar refractivity (Wildman–Crippen MR) is 76.5 cm³/mol. The second-order valence-corrected chi connectivity index (χ2v) is 5.59. The molecule has 0 aromatic heterocycles. The number of hydrogen-bond donors (Lipinski definition) is 2. The summed E-state index contributed by atoms with van der Waals surface area (Å²) < 4.78 is 10.9. The molecular formula is C14H27N3O3. The van der Waals surface area contributed by atoms with Gasteiger partial charge < -0.3 is 20.5 Å². The van der Waals surface area contributed by atoms with Crippen molar-refractivity contribution in [3.05, 3.63) is 0 Å². The third-order valence-electron chi connectivity index (χ3n) is 3.96. The zero-order chi connectivity index (χ0) is 14.2. The lowest BCUT2D eigenvalue weighted by atomic mass is 10.1. The Hall–Kier alpha value is -0.690. The van der Waals surface area contributed by atoms with Crippen LogP contribution in [0, 0.1) is 0 Å². The number of carbonyl (C=O) groups is 1. The molecule has 0 unspecified atom stereocenters. The van der Waals surface area contributed by atoms with Crippen LogP contribution >= 0.6 is 0 Å². The van der Waals surface area contributed by atoms with E-state index in [1.165, 1.54) is 0 Å². The van der Waals surface area contributed by atoms with E-state index in [0.717, 1.165) is 52.0 Å². The van der Waals surface area contributed by atoms with Crippen molar-refractivity contribution in [3.63, 3.8) is 0 Å². The van der Waals surface area contributed by atoms with Crippen LogP contribution < -0.4 is 11.1 Å². The average molecular weight is 285 g/mol. The van der Waals surface area contributed by atoms with E-state index in [9.17, 15) is 4.79 Å². The van der Waals surface area contributed by atoms with E-state index >= 15 is 0 Å². The number of ether oxygens (including phenoxy) is 2. The lowest BCUT2D eigenvalue weighted by Gasteiger charge is -2.32. The lowest BCUT2D eigenvalue weighted by molar-refractivity contribution is -0.124. The van der Waals surface area contributed by atoms with E-state index in [0.29, 0.717) is 31.8 Å². The largest absolute Gasteiger partial charge is 0.381 e. The zero-order valence-electron chi connectivity index (χ0n) is 12.2. The highest BCUT2D eigenvalue weighted by molar-refractivity contribution is 5.78. The zero-order valence-corrected chi connectivity index (χ0v) is 12.2. The minimum absolute atomic E-state index is 0.137. The fourth-order valence-corrected chi connectivity index (χ4v) is 2.79. The number of likely N-dealkylation sites (tertiary alicyclic amines) is 1. The SMILES string of the molecule is NCCOC1CCN(CC(=O)NC2CCOCC2)CC1. The monoisotopic (exact) mass is 285 g/mol. The van der Waals surface area contributed by atoms with Gasteiger partial charge in [0.25, 0.3) is 0 Å². The van der Waals surface area contributed by atoms with Gasteiger partial charge in [-0.2, -0.15) is 0 Å². The van der Waals surface area contributed by atoms with Gasteiger partial charge in [0.15, 0.2) is 0 Å². The third-order valence-corrected chi connectivity index (χ3v) is 3.96. The Morgan fingerprint density at radius 2 is 1.95 bits per heavy atom. The molecule has 1 amide bonds. The number of nitrogens with one attached hydrogen (secondary N) is 1. The molecule has 2 saturated heterocycles. The quantitative estimate of drug-likeness (QED) is 0.702. The van der Waals surface area contributed by atoms with Gasteiger partial charge in [-0.3, -0.25) is 9.69 Å². The summed E-state index contributed by atoms with van der Waals surface area (Å²) in [4.78, 5) is 14.2. The summed E-state index contributed by atoms with van der Waals surface area (Å²) in [6.45, 7) is 5.08. The van der Waals surface area contributed by atoms with Crippen LogP contribution in [0.1, 0.15) is 25.7 Å². The molecule has 0 aliphatic carbocycles. The Morgan fingerprint density at radius 1 is 1.25 bits per heavy atom. The van der Waals surface area contributed by atoms with Crippen LogP contribution in [0.4, 0.5) is 0 Å². The van der Waals surface area contributed by atoms with Crippen molar-refractivity contribution in [2.45, 2.75) is 37.8 Å². The van der Waals surface area contributed by atoms with Gasteiger partial charge in [0, 0.05) is 38.9 Å². The van der Waals surface area contributed by atoms with E-state index in [1.807, 2.05) is 0 Å². The Balaban J connectivity index is 1.60. The van der Waals surface area contributed by atoms with E-state index in [4.69, 9.17) is 15.2 Å². The molecule has 0 radical (unpaired) electrons. The molecule has 0 saturated carbocycles. The summed E-state index contributed by atoms with van der Waals surface area (Å²) in [5.41, 5.74) is 5.43. The fourth-order valence-electron chi connectivity index (χ4n) is 2.79. The number of carbonyl (C=O) groups excluding carboxylic acids is 1. The first-order valence-electron chi connectivity index (χ1n) is 7.69. The molecule has 0 aromatic rings. The maximum absolute atomic E-state index is 12.0. The van der Waals surface area contributed by atoms with Crippen molar-refractivity contribution < 1.29 is 14.3 Å². The molecule has 0 bridgehead atoms. The first kappa shape index (κ1) is 15.7. The number of hydrogen-bond acceptors (Lipinski definition) is 5. The molecule has 0 spiro atoms. The van der Waals surface area contributed by atoms with Gasteiger partial charge in [0.05, 0.1) is 19.3 Å². The van der Waals surface area contributed by atoms with Crippen molar-refractivity contribution in [2.24, 2.45) is 5.73 Å². The predicted octanol–water partition coefficient (Wildman–Crippen LogP) is -0.279. The van der Waals surface area contributed by atoms with Gasteiger partial charge >= 0.3 is 0 Å². The molecule has 2 fully saturated rings. The summed E-state index contributed by atoms with van der Waals surface area (Å²) in [6, 6.07) is 0.293. The second-order valence-electron chi connectivity index (χ2n) is 5.59. The molecule has 2 aliphatic heterocycles. The maximum Gasteiger partial charge on any atom is 0.234 e. The molecule has 116 valence electrons. The smallest absolute Gasteiger partial charge is 0.234 e. The van der Waals surface area contributed by atoms with E-state index in [1.54, 1.807) is 0 Å². The number of rotatable bonds is 6. The maximum atomic E-state index is 12.0. The molecule has 2 aliphatic rings. The Kier molecular flexibility index (Phi) is 6.72. The van der Waals surface area contributed by atoms with Crippen molar-refractivity contribution in [1.29, 1.82) is 0 Å². The number of piperidine rings is 1. The summed E-state index contributed by atoms with van der Waals surface area (Å²) in [5.74, 6) is 0.137. The van der Waals surface area contributed by atoms with E-state index in [2.05, 4.69) is 10.2 Å². The molecule has 3 N–H and O–H groups in total. The molecule has 20 heavy (non-hydrogen) atoms. The Morgan fingerprint density at radius 3 is 2.60 bits per heavy atom. The number of amides is 1. The first-order chi connectivity index (χ1) is 9.78. The fraction of sp³-hybridized carbons (Fsp3) is 0.929. The molecule has 0 aromatic carbocycles. The Labute approximate surface area is 121 Å². The van der Waals surface area contributed by atoms with Gasteiger partial charge in [0.2, 0.25) is 5.91 Å². The minimum atomic E-state index is 0.137. The van der Waals surface area contributed by atoms with Crippen LogP contribution in [-0.4, -0.2) is 69.0 Å². The number of nitrogens with zero attached hydrogens (tertiary/aromatic N) is 1. The standard InChI is InChI=1S/C14H27N3O3/c15-5-10-20-13-1-6-17(7-2-13)11-14(18)16-12-3-8-19-9-4-12/h12-13H,1-11,15H2,(H,16,18). The van der Waals surface area contributed by atoms with Gasteiger partial charge in [-0.05, 0) is 25.7 Å². The van der Waals surface area contributed by atoms with E-state index < -0.39 is 0 Å². The average Bonchev–Trinajstić information content (AvgIpc) is 2.47. The van der Waals surface area contributed by atoms with Crippen LogP contribution in [0.2, 0.25) is 0 Å². The second kappa shape index (κ2) is 8.56. The number of nitrogens with two attached hydrogens (primary N) is 1. The summed E-state index contributed by atoms with van der Waals surface area (Å²) in [6.07, 6.45) is 4.16. The highest BCUT2D eigenvalue weighted by Crippen LogP contribution is 2.13. The van der Waals surface area contributed by atoms with Gasteiger partial charge in [0.1, 0.15) is 0 Å². The van der Waals surface area contributed by atoms with Gasteiger partial charge in [-0.15, -0.1) is 0 Å². The van der Waals surface area contributed by atoms with Crippen LogP contribution in [0.25, 0.3) is 0 Å². The summed E-state index contributed by atoms with van der Waals surface area (Å²) in [7, 11) is 0. The van der Waals surface area contributed by atoms with Crippen LogP contribution in [-0.2, 0) is 14.3 Å². The van der Waals surface area contributed by atoms with Crippen LogP contribution in [0.15, 0.2) is 0 Å². The summed E-state index contributed by atoms with van der Waals surface area (Å²) >= 11 is 0. The normalized spacial score (nSPS) is 22.9. The Bertz CT molecular complexity index is 287. The third kappa shape index (κ3) is 5.36. The lowest BCUT2D eigenvalue weighted by Crippen LogP contribution is -2.46. The topological polar surface area (TPSA) is 76.8 Å². The van der Waals surface area contributed by atoms with Crippen molar-refractivity contribution in [2.75, 3.05) is 46.0 Å². The van der Waals surface area contributed by atoms with Crippen molar-refractivity contribution >= 4 is 5.91 Å². The van der Waals surface area contributed by atoms with Crippen LogP contribution in [0.5, 0.6) is 0 Å². The van der Waals surface area contributed by atoms with E-state index in [-0.39, 0.29) is 5.91 Å². The highest BCUT2D eigenvalue weighted by Gasteiger charge is 2.22. The molecule has 2 rings (SSSR count). The molecular weight excluding hydrogens is 258 g/mol. The molecule has 2 heterocycles. The van der Waals surface area contributed by atoms with Gasteiger partial charge in [-0.1, -0.05) is 0 Å². The molecule has 0 atom stereocenters. The first-order valence-corrected chi connectivity index (χ1v) is 7.69. The van der Waals surface area contributed by atoms with Crippen molar-refractivity contribution in [3.8, 4) is 0 Å². The molecule has 6 heteroatoms. The minimum Gasteiger partial charge on any atom is -0.381 e. The van der Waals surface area contributed by atoms with Crippen LogP contribution in [0.3, 0.4) is 0 Å². The summed E-state index contributed by atoms with van der Waals surface area (Å²) in [5, 5.41) is 3.10. The highest BCUT2D eigenvalue weighted by atomic mass is 16.5. The molecule has 6 nitrogen and oxygen atoms in total. The van der Waals surface area contributed by atoms with Gasteiger partial charge in [-0.25, -0.2) is 0 Å².